The number of nitrogens with one attached hydrogen (secondary N) is 1. The number of aryl methyl sites for hydroxylation is 1. The summed E-state index contributed by atoms with van der Waals surface area (Å²) in [6.07, 6.45) is 2.47. The van der Waals surface area contributed by atoms with Gasteiger partial charge >= 0.3 is 5.97 Å². The maximum Gasteiger partial charge on any atom is 0.313 e. The van der Waals surface area contributed by atoms with E-state index in [0.29, 0.717) is 23.9 Å². The van der Waals surface area contributed by atoms with E-state index in [1.165, 1.54) is 0 Å². The molecule has 2 N–H and O–H groups in total. The Labute approximate surface area is 122 Å². The number of hydrogen-bond acceptors (Lipinski definition) is 5. The van der Waals surface area contributed by atoms with E-state index in [1.54, 1.807) is 4.57 Å². The first-order chi connectivity index (χ1) is 9.58. The molecule has 1 amide bonds. The summed E-state index contributed by atoms with van der Waals surface area (Å²) in [5.41, 5.74) is 0. The number of carbonyl (C=O) groups excluding carboxylic acids is 1. The molecule has 0 unspecified atom stereocenters. The maximum absolute atomic E-state index is 11.8. The van der Waals surface area contributed by atoms with Crippen LogP contribution in [0.4, 0.5) is 0 Å². The third kappa shape index (κ3) is 5.20. The van der Waals surface area contributed by atoms with Crippen LogP contribution in [0.1, 0.15) is 32.5 Å². The smallest absolute Gasteiger partial charge is 0.313 e. The Balaban J connectivity index is 2.79. The van der Waals surface area contributed by atoms with Crippen molar-refractivity contribution in [3.63, 3.8) is 0 Å². The molecule has 0 aliphatic heterocycles. The monoisotopic (exact) mass is 300 g/mol. The van der Waals surface area contributed by atoms with Crippen molar-refractivity contribution in [1.82, 2.24) is 20.1 Å². The van der Waals surface area contributed by atoms with Crippen molar-refractivity contribution in [2.45, 2.75) is 44.8 Å². The summed E-state index contributed by atoms with van der Waals surface area (Å²) >= 11 is 1.08. The molecule has 1 aromatic rings. The lowest BCUT2D eigenvalue weighted by Crippen LogP contribution is -2.29. The van der Waals surface area contributed by atoms with Gasteiger partial charge in [-0.1, -0.05) is 25.6 Å². The molecule has 0 radical (unpaired) electrons. The molecule has 0 fully saturated rings. The van der Waals surface area contributed by atoms with Crippen LogP contribution in [0.3, 0.4) is 0 Å². The normalized spacial score (nSPS) is 10.5. The van der Waals surface area contributed by atoms with Crippen LogP contribution in [0.5, 0.6) is 0 Å². The Hall–Kier alpha value is -1.57. The van der Waals surface area contributed by atoms with Gasteiger partial charge in [0.2, 0.25) is 5.91 Å². The fourth-order valence-corrected chi connectivity index (χ4v) is 2.26. The molecule has 112 valence electrons. The number of carboxylic acid groups (broad SMARTS) is 1. The Morgan fingerprint density at radius 2 is 2.05 bits per heavy atom. The average molecular weight is 300 g/mol. The van der Waals surface area contributed by atoms with E-state index in [-0.39, 0.29) is 18.2 Å². The minimum absolute atomic E-state index is 0.0964. The van der Waals surface area contributed by atoms with E-state index >= 15 is 0 Å². The minimum Gasteiger partial charge on any atom is -0.481 e. The van der Waals surface area contributed by atoms with Crippen LogP contribution in [0.2, 0.25) is 0 Å². The quantitative estimate of drug-likeness (QED) is 0.659. The number of thioether (sulfide) groups is 1. The lowest BCUT2D eigenvalue weighted by molar-refractivity contribution is -0.133. The van der Waals surface area contributed by atoms with Gasteiger partial charge in [-0.3, -0.25) is 14.2 Å². The van der Waals surface area contributed by atoms with Crippen LogP contribution >= 0.6 is 11.8 Å². The van der Waals surface area contributed by atoms with E-state index in [1.807, 2.05) is 13.8 Å². The first-order valence-corrected chi connectivity index (χ1v) is 7.60. The Morgan fingerprint density at radius 3 is 2.65 bits per heavy atom. The van der Waals surface area contributed by atoms with E-state index in [0.717, 1.165) is 24.6 Å². The summed E-state index contributed by atoms with van der Waals surface area (Å²) in [5, 5.41) is 20.0. The van der Waals surface area contributed by atoms with Gasteiger partial charge in [0.15, 0.2) is 5.16 Å². The van der Waals surface area contributed by atoms with Gasteiger partial charge in [-0.2, -0.15) is 0 Å². The number of nitrogens with zero attached hydrogens (tertiary/aromatic N) is 3. The molecule has 0 saturated carbocycles. The molecule has 20 heavy (non-hydrogen) atoms. The maximum atomic E-state index is 11.8. The van der Waals surface area contributed by atoms with Crippen LogP contribution in [0.25, 0.3) is 0 Å². The van der Waals surface area contributed by atoms with Crippen molar-refractivity contribution in [3.05, 3.63) is 5.82 Å². The molecule has 1 aromatic heterocycles. The fourth-order valence-electron chi connectivity index (χ4n) is 1.58. The number of carboxylic acids is 1. The first kappa shape index (κ1) is 16.5. The summed E-state index contributed by atoms with van der Waals surface area (Å²) in [6.45, 7) is 4.75. The summed E-state index contributed by atoms with van der Waals surface area (Å²) in [5.74, 6) is -0.411. The minimum atomic E-state index is -0.919. The van der Waals surface area contributed by atoms with Gasteiger partial charge in [0.25, 0.3) is 0 Å². The van der Waals surface area contributed by atoms with Crippen LogP contribution < -0.4 is 5.32 Å². The zero-order chi connectivity index (χ0) is 15.0. The summed E-state index contributed by atoms with van der Waals surface area (Å²) < 4.78 is 1.70. The van der Waals surface area contributed by atoms with Gasteiger partial charge in [-0.05, 0) is 12.8 Å². The largest absolute Gasteiger partial charge is 0.481 e. The predicted molar refractivity (Wildman–Crippen MR) is 75.7 cm³/mol. The van der Waals surface area contributed by atoms with E-state index in [4.69, 9.17) is 5.11 Å². The summed E-state index contributed by atoms with van der Waals surface area (Å²) in [4.78, 5) is 22.4. The lowest BCUT2D eigenvalue weighted by Gasteiger charge is -2.09. The van der Waals surface area contributed by atoms with Crippen molar-refractivity contribution in [2.75, 3.05) is 12.3 Å². The molecule has 0 aromatic carbocycles. The Morgan fingerprint density at radius 1 is 1.30 bits per heavy atom. The van der Waals surface area contributed by atoms with E-state index < -0.39 is 5.97 Å². The van der Waals surface area contributed by atoms with Crippen LogP contribution in [-0.4, -0.2) is 44.0 Å². The van der Waals surface area contributed by atoms with Gasteiger partial charge < -0.3 is 10.4 Å². The zero-order valence-corrected chi connectivity index (χ0v) is 12.6. The SMILES string of the molecule is CCCNC(=O)Cn1c(CCC)nnc1SCC(=O)O. The molecule has 8 heteroatoms. The Kier molecular flexibility index (Phi) is 7.06. The highest BCUT2D eigenvalue weighted by molar-refractivity contribution is 7.99. The number of aromatic nitrogens is 3. The Bertz CT molecular complexity index is 462. The summed E-state index contributed by atoms with van der Waals surface area (Å²) in [6, 6.07) is 0. The third-order valence-electron chi connectivity index (χ3n) is 2.47. The van der Waals surface area contributed by atoms with Gasteiger partial charge in [0.1, 0.15) is 12.4 Å². The number of hydrogen-bond donors (Lipinski definition) is 2. The number of aliphatic carboxylic acids is 1. The predicted octanol–water partition coefficient (Wildman–Crippen LogP) is 0.933. The standard InChI is InChI=1S/C12H20N4O3S/c1-3-5-9-14-15-12(20-8-11(18)19)16(9)7-10(17)13-6-4-2/h3-8H2,1-2H3,(H,13,17)(H,18,19). The van der Waals surface area contributed by atoms with Gasteiger partial charge in [-0.25, -0.2) is 0 Å². The third-order valence-corrected chi connectivity index (χ3v) is 3.42. The van der Waals surface area contributed by atoms with Crippen LogP contribution in [0, 0.1) is 0 Å². The van der Waals surface area contributed by atoms with Gasteiger partial charge in [0.05, 0.1) is 5.75 Å². The van der Waals surface area contributed by atoms with Crippen molar-refractivity contribution < 1.29 is 14.7 Å². The van der Waals surface area contributed by atoms with Crippen molar-refractivity contribution in [3.8, 4) is 0 Å². The first-order valence-electron chi connectivity index (χ1n) is 6.61. The van der Waals surface area contributed by atoms with Gasteiger partial charge in [-0.15, -0.1) is 10.2 Å². The fraction of sp³-hybridized carbons (Fsp3) is 0.667. The molecule has 1 heterocycles. The molecule has 1 rings (SSSR count). The topological polar surface area (TPSA) is 97.1 Å². The van der Waals surface area contributed by atoms with Crippen LogP contribution in [-0.2, 0) is 22.6 Å². The highest BCUT2D eigenvalue weighted by atomic mass is 32.2. The molecular formula is C12H20N4O3S. The zero-order valence-electron chi connectivity index (χ0n) is 11.8. The molecule has 0 saturated heterocycles. The second-order valence-corrected chi connectivity index (χ2v) is 5.21. The molecule has 0 bridgehead atoms. The molecular weight excluding hydrogens is 280 g/mol. The second-order valence-electron chi connectivity index (χ2n) is 4.27. The van der Waals surface area contributed by atoms with Crippen molar-refractivity contribution >= 4 is 23.6 Å². The second kappa shape index (κ2) is 8.57. The molecule has 0 spiro atoms. The molecule has 0 atom stereocenters. The average Bonchev–Trinajstić information content (AvgIpc) is 2.77. The van der Waals surface area contributed by atoms with E-state index in [2.05, 4.69) is 15.5 Å². The van der Waals surface area contributed by atoms with E-state index in [9.17, 15) is 9.59 Å². The van der Waals surface area contributed by atoms with Crippen molar-refractivity contribution in [1.29, 1.82) is 0 Å². The number of rotatable bonds is 9. The molecule has 0 aliphatic carbocycles. The number of carbonyl (C=O) groups is 2. The van der Waals surface area contributed by atoms with Crippen molar-refractivity contribution in [2.24, 2.45) is 0 Å². The lowest BCUT2D eigenvalue weighted by atomic mass is 10.3. The molecule has 0 aliphatic rings. The highest BCUT2D eigenvalue weighted by Crippen LogP contribution is 2.17. The van der Waals surface area contributed by atoms with Crippen LogP contribution in [0.15, 0.2) is 5.16 Å². The molecule has 7 nitrogen and oxygen atoms in total. The van der Waals surface area contributed by atoms with Gasteiger partial charge in [0, 0.05) is 13.0 Å². The highest BCUT2D eigenvalue weighted by Gasteiger charge is 2.15. The summed E-state index contributed by atoms with van der Waals surface area (Å²) in [7, 11) is 0. The number of amides is 1.